The van der Waals surface area contributed by atoms with Crippen LogP contribution in [0.1, 0.15) is 29.7 Å². The molecule has 4 rings (SSSR count). The first kappa shape index (κ1) is 14.0. The van der Waals surface area contributed by atoms with Gasteiger partial charge in [0.1, 0.15) is 11.9 Å². The fourth-order valence-electron chi connectivity index (χ4n) is 4.01. The second-order valence-electron chi connectivity index (χ2n) is 6.69. The summed E-state index contributed by atoms with van der Waals surface area (Å²) in [6.45, 7) is 1.81. The van der Waals surface area contributed by atoms with Crippen LogP contribution in [-0.2, 0) is 12.8 Å². The van der Waals surface area contributed by atoms with Crippen LogP contribution >= 0.6 is 0 Å². The standard InChI is InChI=1S/C18H19N5/c19-11-15-17(22-16(20)12-21-15)23-7-5-18(6-8-23)9-13-3-1-2-4-14(13)10-18/h1-4,12H,5-10H2,(H2,20,22). The lowest BCUT2D eigenvalue weighted by molar-refractivity contribution is 0.232. The normalized spacial score (nSPS) is 18.7. The van der Waals surface area contributed by atoms with E-state index in [-0.39, 0.29) is 0 Å². The van der Waals surface area contributed by atoms with Gasteiger partial charge in [-0.1, -0.05) is 24.3 Å². The predicted molar refractivity (Wildman–Crippen MR) is 88.9 cm³/mol. The largest absolute Gasteiger partial charge is 0.382 e. The van der Waals surface area contributed by atoms with Crippen molar-refractivity contribution in [1.82, 2.24) is 9.97 Å². The van der Waals surface area contributed by atoms with Crippen LogP contribution in [0.3, 0.4) is 0 Å². The molecule has 5 heteroatoms. The summed E-state index contributed by atoms with van der Waals surface area (Å²) in [6, 6.07) is 10.9. The summed E-state index contributed by atoms with van der Waals surface area (Å²) >= 11 is 0. The van der Waals surface area contributed by atoms with Gasteiger partial charge in [0.15, 0.2) is 11.5 Å². The summed E-state index contributed by atoms with van der Waals surface area (Å²) in [6.07, 6.45) is 6.02. The Morgan fingerprint density at radius 1 is 1.13 bits per heavy atom. The third-order valence-electron chi connectivity index (χ3n) is 5.25. The molecular formula is C18H19N5. The van der Waals surface area contributed by atoms with E-state index < -0.39 is 0 Å². The molecule has 5 nitrogen and oxygen atoms in total. The Balaban J connectivity index is 1.53. The van der Waals surface area contributed by atoms with E-state index in [4.69, 9.17) is 5.73 Å². The number of piperidine rings is 1. The van der Waals surface area contributed by atoms with E-state index in [2.05, 4.69) is 45.2 Å². The van der Waals surface area contributed by atoms with Gasteiger partial charge in [-0.05, 0) is 42.2 Å². The second-order valence-corrected chi connectivity index (χ2v) is 6.69. The van der Waals surface area contributed by atoms with E-state index in [0.717, 1.165) is 25.9 Å². The van der Waals surface area contributed by atoms with E-state index >= 15 is 0 Å². The average molecular weight is 305 g/mol. The van der Waals surface area contributed by atoms with Crippen LogP contribution in [0.2, 0.25) is 0 Å². The monoisotopic (exact) mass is 305 g/mol. The van der Waals surface area contributed by atoms with Gasteiger partial charge in [-0.3, -0.25) is 0 Å². The number of hydrogen-bond acceptors (Lipinski definition) is 5. The van der Waals surface area contributed by atoms with Crippen LogP contribution in [0.15, 0.2) is 30.5 Å². The number of nitriles is 1. The lowest BCUT2D eigenvalue weighted by Gasteiger charge is -2.40. The number of fused-ring (bicyclic) bond motifs is 1. The SMILES string of the molecule is N#Cc1ncc(N)nc1N1CCC2(CC1)Cc1ccccc1C2. The van der Waals surface area contributed by atoms with Crippen molar-refractivity contribution in [3.63, 3.8) is 0 Å². The molecule has 0 amide bonds. The topological polar surface area (TPSA) is 78.8 Å². The van der Waals surface area contributed by atoms with Crippen molar-refractivity contribution in [3.05, 3.63) is 47.3 Å². The number of nitrogens with zero attached hydrogens (tertiary/aromatic N) is 4. The zero-order valence-corrected chi connectivity index (χ0v) is 13.0. The summed E-state index contributed by atoms with van der Waals surface area (Å²) < 4.78 is 0. The Kier molecular flexibility index (Phi) is 3.19. The molecule has 1 aromatic heterocycles. The van der Waals surface area contributed by atoms with Crippen LogP contribution in [0.4, 0.5) is 11.6 Å². The minimum atomic E-state index is 0.366. The number of aromatic nitrogens is 2. The van der Waals surface area contributed by atoms with E-state index in [1.807, 2.05) is 0 Å². The highest BCUT2D eigenvalue weighted by atomic mass is 15.2. The predicted octanol–water partition coefficient (Wildman–Crippen LogP) is 2.32. The number of nitrogen functional groups attached to an aromatic ring is 1. The fourth-order valence-corrected chi connectivity index (χ4v) is 4.01. The molecule has 1 fully saturated rings. The van der Waals surface area contributed by atoms with Gasteiger partial charge in [-0.15, -0.1) is 0 Å². The third kappa shape index (κ3) is 2.40. The van der Waals surface area contributed by atoms with Gasteiger partial charge in [-0.25, -0.2) is 9.97 Å². The van der Waals surface area contributed by atoms with Gasteiger partial charge in [-0.2, -0.15) is 5.26 Å². The Morgan fingerprint density at radius 3 is 2.39 bits per heavy atom. The molecule has 2 aromatic rings. The van der Waals surface area contributed by atoms with Crippen LogP contribution in [0.5, 0.6) is 0 Å². The van der Waals surface area contributed by atoms with E-state index in [1.54, 1.807) is 0 Å². The zero-order chi connectivity index (χ0) is 15.9. The minimum Gasteiger partial charge on any atom is -0.382 e. The highest BCUT2D eigenvalue weighted by molar-refractivity contribution is 5.53. The molecule has 0 saturated carbocycles. The molecule has 1 spiro atoms. The van der Waals surface area contributed by atoms with Crippen LogP contribution in [0.25, 0.3) is 0 Å². The quantitative estimate of drug-likeness (QED) is 0.874. The Morgan fingerprint density at radius 2 is 1.78 bits per heavy atom. The van der Waals surface area contributed by atoms with Gasteiger partial charge >= 0.3 is 0 Å². The Bertz CT molecular complexity index is 757. The van der Waals surface area contributed by atoms with Crippen molar-refractivity contribution in [2.45, 2.75) is 25.7 Å². The average Bonchev–Trinajstić information content (AvgIpc) is 2.93. The number of anilines is 2. The first-order valence-electron chi connectivity index (χ1n) is 8.03. The molecule has 23 heavy (non-hydrogen) atoms. The molecule has 0 atom stereocenters. The van der Waals surface area contributed by atoms with Gasteiger partial charge in [0.2, 0.25) is 0 Å². The zero-order valence-electron chi connectivity index (χ0n) is 13.0. The molecule has 0 radical (unpaired) electrons. The van der Waals surface area contributed by atoms with Gasteiger partial charge < -0.3 is 10.6 Å². The van der Waals surface area contributed by atoms with Crippen molar-refractivity contribution in [2.75, 3.05) is 23.7 Å². The molecule has 1 aliphatic heterocycles. The summed E-state index contributed by atoms with van der Waals surface area (Å²) in [5.74, 6) is 1.01. The summed E-state index contributed by atoms with van der Waals surface area (Å²) in [7, 11) is 0. The van der Waals surface area contributed by atoms with Crippen LogP contribution in [0, 0.1) is 16.7 Å². The van der Waals surface area contributed by atoms with E-state index in [9.17, 15) is 5.26 Å². The first-order chi connectivity index (χ1) is 11.2. The van der Waals surface area contributed by atoms with Crippen molar-refractivity contribution in [1.29, 1.82) is 5.26 Å². The Hall–Kier alpha value is -2.61. The summed E-state index contributed by atoms with van der Waals surface area (Å²) in [5.41, 5.74) is 9.50. The third-order valence-corrected chi connectivity index (χ3v) is 5.25. The van der Waals surface area contributed by atoms with Crippen molar-refractivity contribution in [3.8, 4) is 6.07 Å². The lowest BCUT2D eigenvalue weighted by Crippen LogP contribution is -2.41. The minimum absolute atomic E-state index is 0.366. The maximum Gasteiger partial charge on any atom is 0.183 e. The van der Waals surface area contributed by atoms with Gasteiger partial charge in [0.05, 0.1) is 6.20 Å². The highest BCUT2D eigenvalue weighted by Gasteiger charge is 2.40. The Labute approximate surface area is 135 Å². The molecule has 0 unspecified atom stereocenters. The molecule has 116 valence electrons. The summed E-state index contributed by atoms with van der Waals surface area (Å²) in [5, 5.41) is 9.24. The van der Waals surface area contributed by atoms with E-state index in [0.29, 0.717) is 22.7 Å². The number of rotatable bonds is 1. The molecule has 1 aromatic carbocycles. The maximum atomic E-state index is 9.24. The smallest absolute Gasteiger partial charge is 0.183 e. The number of benzene rings is 1. The van der Waals surface area contributed by atoms with Crippen molar-refractivity contribution in [2.24, 2.45) is 5.41 Å². The number of hydrogen-bond donors (Lipinski definition) is 1. The molecule has 2 N–H and O–H groups in total. The van der Waals surface area contributed by atoms with Gasteiger partial charge in [0, 0.05) is 13.1 Å². The number of nitrogens with two attached hydrogens (primary N) is 1. The first-order valence-corrected chi connectivity index (χ1v) is 8.03. The van der Waals surface area contributed by atoms with Gasteiger partial charge in [0.25, 0.3) is 0 Å². The molecule has 1 saturated heterocycles. The second kappa shape index (κ2) is 5.24. The molecular weight excluding hydrogens is 286 g/mol. The molecule has 1 aliphatic carbocycles. The van der Waals surface area contributed by atoms with Crippen LogP contribution in [-0.4, -0.2) is 23.1 Å². The van der Waals surface area contributed by atoms with Crippen molar-refractivity contribution < 1.29 is 0 Å². The maximum absolute atomic E-state index is 9.24. The fraction of sp³-hybridized carbons (Fsp3) is 0.389. The molecule has 2 aliphatic rings. The summed E-state index contributed by atoms with van der Waals surface area (Å²) in [4.78, 5) is 10.6. The van der Waals surface area contributed by atoms with Crippen LogP contribution < -0.4 is 10.6 Å². The lowest BCUT2D eigenvalue weighted by atomic mass is 9.76. The molecule has 0 bridgehead atoms. The van der Waals surface area contributed by atoms with E-state index in [1.165, 1.54) is 30.2 Å². The molecule has 2 heterocycles. The van der Waals surface area contributed by atoms with Crippen molar-refractivity contribution >= 4 is 11.6 Å². The highest BCUT2D eigenvalue weighted by Crippen LogP contribution is 2.45.